The molecule has 1 aliphatic heterocycles. The van der Waals surface area contributed by atoms with Crippen LogP contribution >= 0.6 is 0 Å². The van der Waals surface area contributed by atoms with Gasteiger partial charge >= 0.3 is 0 Å². The van der Waals surface area contributed by atoms with E-state index in [1.807, 2.05) is 43.3 Å². The first-order chi connectivity index (χ1) is 12.2. The minimum atomic E-state index is -0.233. The van der Waals surface area contributed by atoms with Crippen LogP contribution in [0.15, 0.2) is 40.8 Å². The largest absolute Gasteiger partial charge is 0.493 e. The minimum Gasteiger partial charge on any atom is -0.493 e. The fraction of sp³-hybridized carbons (Fsp3) is 0.235. The lowest BCUT2D eigenvalue weighted by Gasteiger charge is -2.22. The van der Waals surface area contributed by atoms with Crippen LogP contribution in [0.5, 0.6) is 11.5 Å². The fourth-order valence-corrected chi connectivity index (χ4v) is 2.84. The van der Waals surface area contributed by atoms with Gasteiger partial charge in [0.1, 0.15) is 17.6 Å². The Morgan fingerprint density at radius 3 is 2.68 bits per heavy atom. The van der Waals surface area contributed by atoms with Crippen LogP contribution in [0.4, 0.5) is 5.95 Å². The number of tetrazole rings is 1. The summed E-state index contributed by atoms with van der Waals surface area (Å²) in [6.45, 7) is 1.91. The van der Waals surface area contributed by atoms with Gasteiger partial charge in [-0.05, 0) is 53.8 Å². The molecule has 0 saturated carbocycles. The fourth-order valence-electron chi connectivity index (χ4n) is 2.84. The highest BCUT2D eigenvalue weighted by Crippen LogP contribution is 2.35. The number of methoxy groups -OCH3 is 2. The molecule has 1 atom stereocenters. The van der Waals surface area contributed by atoms with Gasteiger partial charge in [-0.2, -0.15) is 4.68 Å². The van der Waals surface area contributed by atoms with Gasteiger partial charge in [-0.15, -0.1) is 0 Å². The molecule has 128 valence electrons. The van der Waals surface area contributed by atoms with Gasteiger partial charge in [0.2, 0.25) is 5.95 Å². The predicted molar refractivity (Wildman–Crippen MR) is 90.5 cm³/mol. The normalized spacial score (nSPS) is 16.0. The molecule has 0 radical (unpaired) electrons. The second kappa shape index (κ2) is 5.97. The van der Waals surface area contributed by atoms with Crippen LogP contribution in [-0.4, -0.2) is 34.4 Å². The topological polar surface area (TPSA) is 87.2 Å². The lowest BCUT2D eigenvalue weighted by atomic mass is 10.1. The zero-order valence-corrected chi connectivity index (χ0v) is 14.1. The Morgan fingerprint density at radius 2 is 1.96 bits per heavy atom. The first-order valence-electron chi connectivity index (χ1n) is 7.75. The van der Waals surface area contributed by atoms with Gasteiger partial charge in [-0.3, -0.25) is 0 Å². The second-order valence-electron chi connectivity index (χ2n) is 5.62. The van der Waals surface area contributed by atoms with Crippen LogP contribution in [0.3, 0.4) is 0 Å². The molecule has 0 fully saturated rings. The van der Waals surface area contributed by atoms with E-state index in [9.17, 15) is 0 Å². The molecule has 25 heavy (non-hydrogen) atoms. The molecule has 1 aromatic carbocycles. The summed E-state index contributed by atoms with van der Waals surface area (Å²) in [7, 11) is 3.22. The van der Waals surface area contributed by atoms with Gasteiger partial charge in [-0.1, -0.05) is 5.10 Å². The summed E-state index contributed by atoms with van der Waals surface area (Å²) in [5, 5.41) is 15.1. The maximum absolute atomic E-state index is 5.78. The number of hydrogen-bond donors (Lipinski definition) is 1. The van der Waals surface area contributed by atoms with Gasteiger partial charge in [0.15, 0.2) is 11.5 Å². The number of rotatable bonds is 4. The van der Waals surface area contributed by atoms with Crippen molar-refractivity contribution in [2.75, 3.05) is 19.5 Å². The first-order valence-corrected chi connectivity index (χ1v) is 7.75. The van der Waals surface area contributed by atoms with Crippen molar-refractivity contribution >= 4 is 11.6 Å². The molecule has 0 saturated heterocycles. The van der Waals surface area contributed by atoms with Gasteiger partial charge in [-0.25, -0.2) is 0 Å². The van der Waals surface area contributed by atoms with Gasteiger partial charge in [0.05, 0.1) is 14.2 Å². The Morgan fingerprint density at radius 1 is 1.12 bits per heavy atom. The molecule has 3 aromatic rings. The Hall–Kier alpha value is -3.29. The molecule has 0 unspecified atom stereocenters. The molecule has 4 rings (SSSR count). The van der Waals surface area contributed by atoms with Crippen molar-refractivity contribution in [3.63, 3.8) is 0 Å². The highest BCUT2D eigenvalue weighted by molar-refractivity contribution is 5.78. The minimum absolute atomic E-state index is 0.233. The van der Waals surface area contributed by atoms with Crippen LogP contribution in [0, 0.1) is 6.92 Å². The van der Waals surface area contributed by atoms with Crippen molar-refractivity contribution in [3.05, 3.63) is 53.5 Å². The maximum Gasteiger partial charge on any atom is 0.248 e. The molecule has 3 heterocycles. The number of aryl methyl sites for hydroxylation is 1. The predicted octanol–water partition coefficient (Wildman–Crippen LogP) is 2.65. The molecule has 0 aliphatic carbocycles. The van der Waals surface area contributed by atoms with E-state index in [-0.39, 0.29) is 6.04 Å². The third-order valence-electron chi connectivity index (χ3n) is 4.07. The Labute approximate surface area is 144 Å². The summed E-state index contributed by atoms with van der Waals surface area (Å²) in [5.74, 6) is 3.48. The van der Waals surface area contributed by atoms with Gasteiger partial charge < -0.3 is 19.2 Å². The molecule has 1 aliphatic rings. The van der Waals surface area contributed by atoms with E-state index in [0.717, 1.165) is 22.8 Å². The number of benzene rings is 1. The standard InChI is InChI=1S/C17H17N5O3/c1-10-4-6-14(25-10)13-9-12(18-17-19-20-21-22(13)17)11-5-7-15(23-2)16(8-11)24-3/h4-9,13H,1-3H3,(H,18,19,21)/t13-/m0/s1. The molecule has 8 heteroatoms. The summed E-state index contributed by atoms with van der Waals surface area (Å²) in [6, 6.07) is 9.33. The number of anilines is 1. The average Bonchev–Trinajstić information content (AvgIpc) is 3.28. The quantitative estimate of drug-likeness (QED) is 0.782. The van der Waals surface area contributed by atoms with Crippen molar-refractivity contribution in [2.45, 2.75) is 13.0 Å². The molecular formula is C17H17N5O3. The van der Waals surface area contributed by atoms with E-state index in [0.29, 0.717) is 17.4 Å². The molecule has 1 N–H and O–H groups in total. The zero-order valence-electron chi connectivity index (χ0n) is 14.1. The van der Waals surface area contributed by atoms with E-state index in [1.165, 1.54) is 0 Å². The number of fused-ring (bicyclic) bond motifs is 1. The summed E-state index contributed by atoms with van der Waals surface area (Å²) in [4.78, 5) is 0. The van der Waals surface area contributed by atoms with Crippen molar-refractivity contribution in [2.24, 2.45) is 0 Å². The van der Waals surface area contributed by atoms with Gasteiger partial charge in [0, 0.05) is 11.3 Å². The molecular weight excluding hydrogens is 322 g/mol. The Kier molecular flexibility index (Phi) is 3.64. The highest BCUT2D eigenvalue weighted by Gasteiger charge is 2.26. The number of aromatic nitrogens is 4. The number of nitrogens with one attached hydrogen (secondary N) is 1. The molecule has 0 spiro atoms. The summed E-state index contributed by atoms with van der Waals surface area (Å²) in [6.07, 6.45) is 2.02. The summed E-state index contributed by atoms with van der Waals surface area (Å²) >= 11 is 0. The molecule has 0 amide bonds. The lowest BCUT2D eigenvalue weighted by molar-refractivity contribution is 0.355. The van der Waals surface area contributed by atoms with E-state index in [2.05, 4.69) is 20.8 Å². The van der Waals surface area contributed by atoms with Crippen molar-refractivity contribution in [1.29, 1.82) is 0 Å². The summed E-state index contributed by atoms with van der Waals surface area (Å²) in [5.41, 5.74) is 1.79. The van der Waals surface area contributed by atoms with Crippen LogP contribution in [0.2, 0.25) is 0 Å². The third kappa shape index (κ3) is 2.61. The number of hydrogen-bond acceptors (Lipinski definition) is 7. The molecule has 2 aromatic heterocycles. The Bertz CT molecular complexity index is 943. The van der Waals surface area contributed by atoms with Crippen LogP contribution < -0.4 is 14.8 Å². The smallest absolute Gasteiger partial charge is 0.248 e. The van der Waals surface area contributed by atoms with E-state index < -0.39 is 0 Å². The van der Waals surface area contributed by atoms with Crippen LogP contribution in [0.1, 0.15) is 23.1 Å². The van der Waals surface area contributed by atoms with Crippen molar-refractivity contribution in [3.8, 4) is 11.5 Å². The zero-order chi connectivity index (χ0) is 17.4. The number of ether oxygens (including phenoxy) is 2. The van der Waals surface area contributed by atoms with Crippen molar-refractivity contribution in [1.82, 2.24) is 20.2 Å². The first kappa shape index (κ1) is 15.3. The highest BCUT2D eigenvalue weighted by atomic mass is 16.5. The van der Waals surface area contributed by atoms with E-state index >= 15 is 0 Å². The van der Waals surface area contributed by atoms with Crippen molar-refractivity contribution < 1.29 is 13.9 Å². The average molecular weight is 339 g/mol. The monoisotopic (exact) mass is 339 g/mol. The van der Waals surface area contributed by atoms with Gasteiger partial charge in [0.25, 0.3) is 0 Å². The molecule has 8 nitrogen and oxygen atoms in total. The number of allylic oxidation sites excluding steroid dienone is 1. The SMILES string of the molecule is COc1ccc(C2=C[C@@H](c3ccc(C)o3)n3nnnc3N2)cc1OC. The Balaban J connectivity index is 1.78. The van der Waals surface area contributed by atoms with E-state index in [4.69, 9.17) is 13.9 Å². The number of furan rings is 1. The van der Waals surface area contributed by atoms with Crippen LogP contribution in [0.25, 0.3) is 5.70 Å². The summed E-state index contributed by atoms with van der Waals surface area (Å²) < 4.78 is 18.2. The third-order valence-corrected chi connectivity index (χ3v) is 4.07. The number of nitrogens with zero attached hydrogens (tertiary/aromatic N) is 4. The van der Waals surface area contributed by atoms with E-state index in [1.54, 1.807) is 18.9 Å². The second-order valence-corrected chi connectivity index (χ2v) is 5.62. The van der Waals surface area contributed by atoms with Crippen LogP contribution in [-0.2, 0) is 0 Å². The molecule has 0 bridgehead atoms. The maximum atomic E-state index is 5.78. The lowest BCUT2D eigenvalue weighted by Crippen LogP contribution is -2.20.